The summed E-state index contributed by atoms with van der Waals surface area (Å²) in [4.78, 5) is 26.1. The van der Waals surface area contributed by atoms with Crippen molar-refractivity contribution in [3.63, 3.8) is 0 Å². The van der Waals surface area contributed by atoms with E-state index in [0.29, 0.717) is 23.1 Å². The van der Waals surface area contributed by atoms with E-state index in [4.69, 9.17) is 21.1 Å². The Hall–Kier alpha value is -2.53. The van der Waals surface area contributed by atoms with Crippen molar-refractivity contribution in [1.82, 2.24) is 0 Å². The molecule has 2 aromatic rings. The Morgan fingerprint density at radius 2 is 1.71 bits per heavy atom. The largest absolute Gasteiger partial charge is 0.497 e. The fourth-order valence-corrected chi connectivity index (χ4v) is 2.71. The summed E-state index contributed by atoms with van der Waals surface area (Å²) in [7, 11) is 1.57. The number of benzene rings is 2. The van der Waals surface area contributed by atoms with Gasteiger partial charge in [0.05, 0.1) is 13.0 Å². The van der Waals surface area contributed by atoms with Gasteiger partial charge in [0.1, 0.15) is 11.5 Å². The lowest BCUT2D eigenvalue weighted by molar-refractivity contribution is -0.139. The van der Waals surface area contributed by atoms with Crippen molar-refractivity contribution in [2.75, 3.05) is 18.6 Å². The van der Waals surface area contributed by atoms with Crippen LogP contribution in [0.3, 0.4) is 0 Å². The molecular weight excluding hydrogens is 330 g/mol. The Labute approximate surface area is 144 Å². The molecule has 0 aliphatic carbocycles. The van der Waals surface area contributed by atoms with Gasteiger partial charge in [-0.1, -0.05) is 11.6 Å². The van der Waals surface area contributed by atoms with E-state index < -0.39 is 11.9 Å². The molecule has 1 saturated heterocycles. The highest BCUT2D eigenvalue weighted by molar-refractivity contribution is 6.30. The van der Waals surface area contributed by atoms with Crippen molar-refractivity contribution in [3.05, 3.63) is 53.6 Å². The van der Waals surface area contributed by atoms with Crippen LogP contribution < -0.4 is 14.4 Å². The summed E-state index contributed by atoms with van der Waals surface area (Å²) in [6.45, 7) is 0.301. The summed E-state index contributed by atoms with van der Waals surface area (Å²) in [5, 5.41) is 0.598. The van der Waals surface area contributed by atoms with Crippen molar-refractivity contribution in [2.24, 2.45) is 5.92 Å². The van der Waals surface area contributed by atoms with Gasteiger partial charge in [0.25, 0.3) is 0 Å². The number of rotatable bonds is 4. The van der Waals surface area contributed by atoms with Crippen molar-refractivity contribution >= 4 is 29.2 Å². The van der Waals surface area contributed by atoms with Crippen LogP contribution >= 0.6 is 11.6 Å². The van der Waals surface area contributed by atoms with Gasteiger partial charge < -0.3 is 14.4 Å². The predicted molar refractivity (Wildman–Crippen MR) is 90.5 cm³/mol. The summed E-state index contributed by atoms with van der Waals surface area (Å²) in [6, 6.07) is 13.7. The maximum absolute atomic E-state index is 12.3. The Morgan fingerprint density at radius 3 is 2.33 bits per heavy atom. The molecule has 1 aliphatic rings. The van der Waals surface area contributed by atoms with Crippen LogP contribution in [0.5, 0.6) is 11.5 Å². The highest BCUT2D eigenvalue weighted by Crippen LogP contribution is 2.27. The summed E-state index contributed by atoms with van der Waals surface area (Å²) in [6.07, 6.45) is 0.137. The molecule has 1 aliphatic heterocycles. The number of hydrogen-bond acceptors (Lipinski definition) is 4. The number of carbonyl (C=O) groups is 2. The van der Waals surface area contributed by atoms with E-state index in [1.807, 2.05) is 0 Å². The van der Waals surface area contributed by atoms with Gasteiger partial charge in [-0.25, -0.2) is 0 Å². The molecule has 5 nitrogen and oxygen atoms in total. The van der Waals surface area contributed by atoms with Crippen LogP contribution in [0.2, 0.25) is 5.02 Å². The number of anilines is 1. The number of halogens is 1. The molecule has 124 valence electrons. The topological polar surface area (TPSA) is 55.8 Å². The molecule has 0 spiro atoms. The molecular formula is C18H16ClNO4. The van der Waals surface area contributed by atoms with E-state index in [1.165, 1.54) is 0 Å². The number of carbonyl (C=O) groups excluding carboxylic acids is 2. The van der Waals surface area contributed by atoms with E-state index in [0.717, 1.165) is 5.69 Å². The van der Waals surface area contributed by atoms with Gasteiger partial charge in [-0.2, -0.15) is 0 Å². The third-order valence-corrected chi connectivity index (χ3v) is 4.13. The van der Waals surface area contributed by atoms with Gasteiger partial charge in [0.15, 0.2) is 0 Å². The molecule has 6 heteroatoms. The first-order valence-corrected chi connectivity index (χ1v) is 7.86. The number of amides is 1. The molecule has 1 atom stereocenters. The van der Waals surface area contributed by atoms with Crippen molar-refractivity contribution in [3.8, 4) is 11.5 Å². The van der Waals surface area contributed by atoms with Crippen LogP contribution in [0, 0.1) is 5.92 Å². The lowest BCUT2D eigenvalue weighted by atomic mass is 10.1. The number of methoxy groups -OCH3 is 1. The smallest absolute Gasteiger partial charge is 0.316 e. The Bertz CT molecular complexity index is 743. The van der Waals surface area contributed by atoms with E-state index in [2.05, 4.69) is 0 Å². The fourth-order valence-electron chi connectivity index (χ4n) is 2.58. The second-order valence-electron chi connectivity index (χ2n) is 5.48. The molecule has 0 bridgehead atoms. The lowest BCUT2D eigenvalue weighted by Crippen LogP contribution is -2.27. The van der Waals surface area contributed by atoms with Gasteiger partial charge in [-0.3, -0.25) is 9.59 Å². The van der Waals surface area contributed by atoms with Crippen molar-refractivity contribution in [1.29, 1.82) is 0 Å². The van der Waals surface area contributed by atoms with E-state index in [-0.39, 0.29) is 12.3 Å². The molecule has 0 saturated carbocycles. The third-order valence-electron chi connectivity index (χ3n) is 3.87. The van der Waals surface area contributed by atoms with E-state index in [1.54, 1.807) is 60.5 Å². The maximum atomic E-state index is 12.3. The minimum absolute atomic E-state index is 0.103. The molecule has 24 heavy (non-hydrogen) atoms. The zero-order valence-electron chi connectivity index (χ0n) is 13.1. The van der Waals surface area contributed by atoms with Crippen molar-refractivity contribution in [2.45, 2.75) is 6.42 Å². The molecule has 1 heterocycles. The van der Waals surface area contributed by atoms with E-state index in [9.17, 15) is 9.59 Å². The van der Waals surface area contributed by atoms with Crippen LogP contribution in [0.25, 0.3) is 0 Å². The van der Waals surface area contributed by atoms with Crippen LogP contribution in [0.15, 0.2) is 48.5 Å². The first kappa shape index (κ1) is 16.3. The highest BCUT2D eigenvalue weighted by atomic mass is 35.5. The lowest BCUT2D eigenvalue weighted by Gasteiger charge is -2.16. The number of ether oxygens (including phenoxy) is 2. The molecule has 1 amide bonds. The monoisotopic (exact) mass is 345 g/mol. The molecule has 1 fully saturated rings. The summed E-state index contributed by atoms with van der Waals surface area (Å²) < 4.78 is 10.4. The van der Waals surface area contributed by atoms with E-state index >= 15 is 0 Å². The zero-order valence-corrected chi connectivity index (χ0v) is 13.8. The summed E-state index contributed by atoms with van der Waals surface area (Å²) >= 11 is 5.86. The highest BCUT2D eigenvalue weighted by Gasteiger charge is 2.36. The minimum Gasteiger partial charge on any atom is -0.497 e. The first-order chi connectivity index (χ1) is 11.6. The zero-order chi connectivity index (χ0) is 17.1. The van der Waals surface area contributed by atoms with Crippen molar-refractivity contribution < 1.29 is 19.1 Å². The summed E-state index contributed by atoms with van der Waals surface area (Å²) in [5.74, 6) is 0.104. The predicted octanol–water partition coefficient (Wildman–Crippen LogP) is 3.31. The van der Waals surface area contributed by atoms with Crippen LogP contribution in [-0.4, -0.2) is 25.5 Å². The average Bonchev–Trinajstić information content (AvgIpc) is 2.98. The number of esters is 1. The molecule has 3 rings (SSSR count). The molecule has 0 aromatic heterocycles. The van der Waals surface area contributed by atoms with Gasteiger partial charge in [-0.05, 0) is 48.5 Å². The quantitative estimate of drug-likeness (QED) is 0.630. The normalized spacial score (nSPS) is 17.0. The SMILES string of the molecule is COc1ccc(OC(=O)[C@H]2CC(=O)N(c3ccc(Cl)cc3)C2)cc1. The first-order valence-electron chi connectivity index (χ1n) is 7.48. The standard InChI is InChI=1S/C18H16ClNO4/c1-23-15-6-8-16(9-7-15)24-18(22)12-10-17(21)20(11-12)14-4-2-13(19)3-5-14/h2-9,12H,10-11H2,1H3/t12-/m0/s1. The molecule has 0 N–H and O–H groups in total. The maximum Gasteiger partial charge on any atom is 0.316 e. The Morgan fingerprint density at radius 1 is 1.08 bits per heavy atom. The average molecular weight is 346 g/mol. The second kappa shape index (κ2) is 6.93. The number of nitrogens with zero attached hydrogens (tertiary/aromatic N) is 1. The number of hydrogen-bond donors (Lipinski definition) is 0. The summed E-state index contributed by atoms with van der Waals surface area (Å²) in [5.41, 5.74) is 0.726. The van der Waals surface area contributed by atoms with Crippen LogP contribution in [0.4, 0.5) is 5.69 Å². The van der Waals surface area contributed by atoms with Gasteiger partial charge >= 0.3 is 5.97 Å². The molecule has 0 radical (unpaired) electrons. The molecule has 0 unspecified atom stereocenters. The third kappa shape index (κ3) is 3.51. The van der Waals surface area contributed by atoms with Gasteiger partial charge in [0.2, 0.25) is 5.91 Å². The van der Waals surface area contributed by atoms with Crippen LogP contribution in [-0.2, 0) is 9.59 Å². The molecule has 2 aromatic carbocycles. The van der Waals surface area contributed by atoms with Gasteiger partial charge in [-0.15, -0.1) is 0 Å². The van der Waals surface area contributed by atoms with Gasteiger partial charge in [0, 0.05) is 23.7 Å². The second-order valence-corrected chi connectivity index (χ2v) is 5.91. The Balaban J connectivity index is 1.66. The van der Waals surface area contributed by atoms with Crippen LogP contribution in [0.1, 0.15) is 6.42 Å². The minimum atomic E-state index is -0.490. The fraction of sp³-hybridized carbons (Fsp3) is 0.222. The Kier molecular flexibility index (Phi) is 4.71.